The Labute approximate surface area is 147 Å². The van der Waals surface area contributed by atoms with Gasteiger partial charge in [-0.3, -0.25) is 4.90 Å². The number of hydrogen-bond donors (Lipinski definition) is 2. The van der Waals surface area contributed by atoms with E-state index in [9.17, 15) is 14.6 Å². The summed E-state index contributed by atoms with van der Waals surface area (Å²) in [5, 5.41) is 21.6. The van der Waals surface area contributed by atoms with E-state index in [2.05, 4.69) is 0 Å². The number of para-hydroxylation sites is 1. The van der Waals surface area contributed by atoms with E-state index in [1.165, 1.54) is 12.1 Å². The zero-order valence-electron chi connectivity index (χ0n) is 14.4. The smallest absolute Gasteiger partial charge is 0.124 e. The Hall–Kier alpha value is -1.95. The first-order valence-electron chi connectivity index (χ1n) is 8.53. The number of nitrogens with zero attached hydrogens (tertiary/aromatic N) is 1. The van der Waals surface area contributed by atoms with Crippen molar-refractivity contribution in [1.29, 1.82) is 0 Å². The van der Waals surface area contributed by atoms with E-state index in [0.29, 0.717) is 30.8 Å². The van der Waals surface area contributed by atoms with Crippen molar-refractivity contribution in [2.24, 2.45) is 0 Å². The van der Waals surface area contributed by atoms with E-state index < -0.39 is 11.7 Å². The van der Waals surface area contributed by atoms with Gasteiger partial charge in [-0.2, -0.15) is 0 Å². The van der Waals surface area contributed by atoms with Crippen molar-refractivity contribution < 1.29 is 19.3 Å². The normalized spacial score (nSPS) is 22.6. The van der Waals surface area contributed by atoms with Gasteiger partial charge in [0.15, 0.2) is 0 Å². The van der Waals surface area contributed by atoms with Gasteiger partial charge in [-0.15, -0.1) is 0 Å². The largest absolute Gasteiger partial charge is 0.496 e. The standard InChI is InChI=1S/C20H24FNO3/c1-25-19-6-3-2-5-17(19)20(24)11-4-12-22(14-20)13-18(23)15-7-9-16(21)10-8-15/h2-3,5-10,18,23-24H,4,11-14H2,1H3. The van der Waals surface area contributed by atoms with Crippen LogP contribution in [0, 0.1) is 5.82 Å². The molecule has 2 atom stereocenters. The number of likely N-dealkylation sites (tertiary alicyclic amines) is 1. The zero-order chi connectivity index (χ0) is 17.9. The Morgan fingerprint density at radius 3 is 2.64 bits per heavy atom. The highest BCUT2D eigenvalue weighted by molar-refractivity contribution is 5.38. The molecular weight excluding hydrogens is 321 g/mol. The summed E-state index contributed by atoms with van der Waals surface area (Å²) in [6.07, 6.45) is 0.752. The first kappa shape index (κ1) is 17.9. The lowest BCUT2D eigenvalue weighted by molar-refractivity contribution is -0.0474. The number of β-amino-alcohol motifs (C(OH)–C–C–N with tert-alkyl or cyclic N) is 2. The molecule has 3 rings (SSSR count). The molecule has 0 bridgehead atoms. The highest BCUT2D eigenvalue weighted by atomic mass is 19.1. The number of ether oxygens (including phenoxy) is 1. The van der Waals surface area contributed by atoms with Gasteiger partial charge in [-0.25, -0.2) is 4.39 Å². The number of benzene rings is 2. The summed E-state index contributed by atoms with van der Waals surface area (Å²) in [7, 11) is 1.60. The van der Waals surface area contributed by atoms with Crippen LogP contribution in [-0.2, 0) is 5.60 Å². The monoisotopic (exact) mass is 345 g/mol. The van der Waals surface area contributed by atoms with E-state index in [1.54, 1.807) is 19.2 Å². The van der Waals surface area contributed by atoms with E-state index in [1.807, 2.05) is 29.2 Å². The topological polar surface area (TPSA) is 52.9 Å². The van der Waals surface area contributed by atoms with Crippen molar-refractivity contribution in [2.45, 2.75) is 24.5 Å². The summed E-state index contributed by atoms with van der Waals surface area (Å²) < 4.78 is 18.4. The van der Waals surface area contributed by atoms with Crippen LogP contribution in [-0.4, -0.2) is 41.9 Å². The molecule has 134 valence electrons. The van der Waals surface area contributed by atoms with Crippen molar-refractivity contribution in [3.8, 4) is 5.75 Å². The second kappa shape index (κ2) is 7.52. The first-order valence-corrected chi connectivity index (χ1v) is 8.53. The first-order chi connectivity index (χ1) is 12.0. The minimum absolute atomic E-state index is 0.320. The maximum absolute atomic E-state index is 13.0. The van der Waals surface area contributed by atoms with Crippen LogP contribution < -0.4 is 4.74 Å². The van der Waals surface area contributed by atoms with E-state index >= 15 is 0 Å². The lowest BCUT2D eigenvalue weighted by atomic mass is 9.85. The van der Waals surface area contributed by atoms with Gasteiger partial charge in [0.05, 0.1) is 13.2 Å². The fourth-order valence-corrected chi connectivity index (χ4v) is 3.56. The van der Waals surface area contributed by atoms with Crippen LogP contribution in [0.3, 0.4) is 0 Å². The average molecular weight is 345 g/mol. The quantitative estimate of drug-likeness (QED) is 0.875. The average Bonchev–Trinajstić information content (AvgIpc) is 2.62. The molecule has 0 amide bonds. The lowest BCUT2D eigenvalue weighted by Crippen LogP contribution is -2.47. The number of aliphatic hydroxyl groups excluding tert-OH is 1. The molecule has 2 aromatic rings. The molecule has 1 heterocycles. The van der Waals surface area contributed by atoms with Crippen molar-refractivity contribution in [3.63, 3.8) is 0 Å². The van der Waals surface area contributed by atoms with Crippen molar-refractivity contribution in [2.75, 3.05) is 26.7 Å². The molecule has 1 aliphatic heterocycles. The third-order valence-electron chi connectivity index (χ3n) is 4.84. The van der Waals surface area contributed by atoms with Gasteiger partial charge < -0.3 is 14.9 Å². The van der Waals surface area contributed by atoms with E-state index in [4.69, 9.17) is 4.74 Å². The highest BCUT2D eigenvalue weighted by Gasteiger charge is 2.37. The molecule has 2 aromatic carbocycles. The molecule has 2 N–H and O–H groups in total. The summed E-state index contributed by atoms with van der Waals surface area (Å²) in [6.45, 7) is 1.62. The summed E-state index contributed by atoms with van der Waals surface area (Å²) in [4.78, 5) is 2.05. The van der Waals surface area contributed by atoms with Crippen LogP contribution in [0.4, 0.5) is 4.39 Å². The molecule has 0 spiro atoms. The van der Waals surface area contributed by atoms with Crippen LogP contribution in [0.15, 0.2) is 48.5 Å². The van der Waals surface area contributed by atoms with Gasteiger partial charge in [0.25, 0.3) is 0 Å². The summed E-state index contributed by atoms with van der Waals surface area (Å²) in [5.41, 5.74) is 0.444. The fraction of sp³-hybridized carbons (Fsp3) is 0.400. The highest BCUT2D eigenvalue weighted by Crippen LogP contribution is 2.37. The molecule has 0 aromatic heterocycles. The minimum Gasteiger partial charge on any atom is -0.496 e. The zero-order valence-corrected chi connectivity index (χ0v) is 14.4. The number of methoxy groups -OCH3 is 1. The second-order valence-corrected chi connectivity index (χ2v) is 6.64. The van der Waals surface area contributed by atoms with Crippen LogP contribution in [0.25, 0.3) is 0 Å². The van der Waals surface area contributed by atoms with E-state index in [-0.39, 0.29) is 5.82 Å². The van der Waals surface area contributed by atoms with Crippen LogP contribution in [0.5, 0.6) is 5.75 Å². The van der Waals surface area contributed by atoms with Crippen LogP contribution in [0.2, 0.25) is 0 Å². The number of piperidine rings is 1. The molecule has 4 nitrogen and oxygen atoms in total. The molecule has 1 aliphatic rings. The molecule has 0 saturated carbocycles. The third-order valence-corrected chi connectivity index (χ3v) is 4.84. The second-order valence-electron chi connectivity index (χ2n) is 6.64. The number of halogens is 1. The Morgan fingerprint density at radius 1 is 1.20 bits per heavy atom. The van der Waals surface area contributed by atoms with Gasteiger partial charge in [0.2, 0.25) is 0 Å². The van der Waals surface area contributed by atoms with Gasteiger partial charge in [0, 0.05) is 18.7 Å². The molecule has 0 radical (unpaired) electrons. The van der Waals surface area contributed by atoms with Gasteiger partial charge in [-0.05, 0) is 43.1 Å². The van der Waals surface area contributed by atoms with Crippen LogP contribution >= 0.6 is 0 Å². The minimum atomic E-state index is -1.01. The summed E-state index contributed by atoms with van der Waals surface area (Å²) in [6, 6.07) is 13.4. The molecule has 2 unspecified atom stereocenters. The van der Waals surface area contributed by atoms with Gasteiger partial charge >= 0.3 is 0 Å². The number of rotatable bonds is 5. The van der Waals surface area contributed by atoms with Crippen LogP contribution in [0.1, 0.15) is 30.1 Å². The summed E-state index contributed by atoms with van der Waals surface area (Å²) >= 11 is 0. The Morgan fingerprint density at radius 2 is 1.92 bits per heavy atom. The van der Waals surface area contributed by atoms with Gasteiger partial charge in [0.1, 0.15) is 17.2 Å². The molecule has 25 heavy (non-hydrogen) atoms. The molecule has 1 fully saturated rings. The lowest BCUT2D eigenvalue weighted by Gasteiger charge is -2.40. The Balaban J connectivity index is 1.73. The molecule has 1 saturated heterocycles. The fourth-order valence-electron chi connectivity index (χ4n) is 3.56. The predicted molar refractivity (Wildman–Crippen MR) is 93.9 cm³/mol. The maximum Gasteiger partial charge on any atom is 0.124 e. The Bertz CT molecular complexity index is 706. The number of aliphatic hydroxyl groups is 2. The van der Waals surface area contributed by atoms with E-state index in [0.717, 1.165) is 18.5 Å². The molecule has 5 heteroatoms. The SMILES string of the molecule is COc1ccccc1C1(O)CCCN(CC(O)c2ccc(F)cc2)C1. The number of hydrogen-bond acceptors (Lipinski definition) is 4. The summed E-state index contributed by atoms with van der Waals surface area (Å²) in [5.74, 6) is 0.352. The predicted octanol–water partition coefficient (Wildman–Crippen LogP) is 2.85. The van der Waals surface area contributed by atoms with Crippen molar-refractivity contribution >= 4 is 0 Å². The third kappa shape index (κ3) is 4.00. The van der Waals surface area contributed by atoms with Crippen molar-refractivity contribution in [3.05, 3.63) is 65.5 Å². The van der Waals surface area contributed by atoms with Gasteiger partial charge in [-0.1, -0.05) is 30.3 Å². The molecule has 0 aliphatic carbocycles. The molecular formula is C20H24FNO3. The maximum atomic E-state index is 13.0. The van der Waals surface area contributed by atoms with Crippen molar-refractivity contribution in [1.82, 2.24) is 4.90 Å². The Kier molecular flexibility index (Phi) is 5.37.